The molecule has 142 valence electrons. The summed E-state index contributed by atoms with van der Waals surface area (Å²) < 4.78 is 6.25. The molecule has 3 rings (SSSR count). The smallest absolute Gasteiger partial charge is 0.437 e. The van der Waals surface area contributed by atoms with Gasteiger partial charge in [-0.3, -0.25) is 14.6 Å². The lowest BCUT2D eigenvalue weighted by atomic mass is 9.86. The van der Waals surface area contributed by atoms with Gasteiger partial charge in [0.05, 0.1) is 0 Å². The minimum atomic E-state index is -0.716. The van der Waals surface area contributed by atoms with Gasteiger partial charge in [-0.2, -0.15) is 0 Å². The second kappa shape index (κ2) is 6.61. The Hall–Kier alpha value is -1.45. The summed E-state index contributed by atoms with van der Waals surface area (Å²) in [5.41, 5.74) is -1.25. The van der Waals surface area contributed by atoms with Crippen LogP contribution in [0.5, 0.6) is 0 Å². The fourth-order valence-corrected chi connectivity index (χ4v) is 5.08. The standard InChI is InChI=1S/C17H23BrN4O3S/c1-16(2,3)25-15(24)19-14-20-17(11-8-10(18)9-26-11)6-7-21(4)12(17)13(23)22(14)5/h8-9,12H,6-7H2,1-5H3,(H,19,20,24)/t12-,17?/m0/s1. The molecule has 2 amide bonds. The van der Waals surface area contributed by atoms with Crippen molar-refractivity contribution >= 4 is 45.2 Å². The quantitative estimate of drug-likeness (QED) is 0.723. The van der Waals surface area contributed by atoms with Crippen LogP contribution in [0.1, 0.15) is 32.1 Å². The van der Waals surface area contributed by atoms with Crippen LogP contribution in [0.2, 0.25) is 0 Å². The van der Waals surface area contributed by atoms with Crippen LogP contribution >= 0.6 is 27.3 Å². The van der Waals surface area contributed by atoms with Crippen molar-refractivity contribution in [2.75, 3.05) is 20.6 Å². The lowest BCUT2D eigenvalue weighted by Crippen LogP contribution is -2.68. The Labute approximate surface area is 165 Å². The molecule has 7 nitrogen and oxygen atoms in total. The summed E-state index contributed by atoms with van der Waals surface area (Å²) in [4.78, 5) is 33.8. The number of thiophene rings is 1. The van der Waals surface area contributed by atoms with Gasteiger partial charge in [0.1, 0.15) is 17.2 Å². The van der Waals surface area contributed by atoms with Crippen molar-refractivity contribution in [2.45, 2.75) is 44.4 Å². The maximum atomic E-state index is 13.1. The molecule has 2 aliphatic heterocycles. The van der Waals surface area contributed by atoms with Crippen LogP contribution in [0.3, 0.4) is 0 Å². The fraction of sp³-hybridized carbons (Fsp3) is 0.588. The third-order valence-electron chi connectivity index (χ3n) is 4.58. The molecule has 0 saturated carbocycles. The van der Waals surface area contributed by atoms with Crippen molar-refractivity contribution in [3.8, 4) is 0 Å². The van der Waals surface area contributed by atoms with Crippen LogP contribution in [0.4, 0.5) is 4.79 Å². The molecule has 1 aromatic heterocycles. The summed E-state index contributed by atoms with van der Waals surface area (Å²) >= 11 is 5.07. The molecule has 9 heteroatoms. The number of carbonyl (C=O) groups is 2. The van der Waals surface area contributed by atoms with Crippen LogP contribution in [0, 0.1) is 0 Å². The number of guanidine groups is 1. The Morgan fingerprint density at radius 2 is 2.15 bits per heavy atom. The van der Waals surface area contributed by atoms with Gasteiger partial charge < -0.3 is 10.1 Å². The fourth-order valence-electron chi connectivity index (χ4n) is 3.44. The zero-order chi connectivity index (χ0) is 19.3. The molecule has 2 fully saturated rings. The van der Waals surface area contributed by atoms with Gasteiger partial charge in [0.2, 0.25) is 11.9 Å². The molecule has 0 radical (unpaired) electrons. The topological polar surface area (TPSA) is 74.2 Å². The molecule has 1 aromatic rings. The van der Waals surface area contributed by atoms with E-state index in [2.05, 4.69) is 26.2 Å². The number of nitrogens with one attached hydrogen (secondary N) is 1. The van der Waals surface area contributed by atoms with Crippen molar-refractivity contribution in [1.29, 1.82) is 0 Å². The maximum absolute atomic E-state index is 13.1. The van der Waals surface area contributed by atoms with Gasteiger partial charge in [-0.1, -0.05) is 0 Å². The Bertz CT molecular complexity index is 772. The SMILES string of the molecule is CN1C(=O)[C@@H]2N(C)CCC2(c2cc(Br)cs2)N/C1=N/C(=O)OC(C)(C)C. The molecule has 2 saturated heterocycles. The van der Waals surface area contributed by atoms with Gasteiger partial charge in [-0.15, -0.1) is 16.3 Å². The third-order valence-corrected chi connectivity index (χ3v) is 6.45. The molecule has 1 unspecified atom stereocenters. The molecule has 0 aliphatic carbocycles. The number of fused-ring (bicyclic) bond motifs is 1. The normalized spacial score (nSPS) is 28.2. The highest BCUT2D eigenvalue weighted by Gasteiger charge is 2.57. The van der Waals surface area contributed by atoms with Gasteiger partial charge in [0.15, 0.2) is 0 Å². The van der Waals surface area contributed by atoms with Gasteiger partial charge in [0, 0.05) is 28.3 Å². The maximum Gasteiger partial charge on any atom is 0.437 e. The van der Waals surface area contributed by atoms with Crippen LogP contribution < -0.4 is 5.32 Å². The number of hydrogen-bond donors (Lipinski definition) is 1. The van der Waals surface area contributed by atoms with Crippen molar-refractivity contribution in [1.82, 2.24) is 15.1 Å². The number of likely N-dealkylation sites (tertiary alicyclic amines) is 1. The molecule has 0 bridgehead atoms. The molecule has 0 aromatic carbocycles. The second-order valence-corrected chi connectivity index (χ2v) is 9.50. The number of likely N-dealkylation sites (N-methyl/N-ethyl adjacent to an activating group) is 2. The zero-order valence-corrected chi connectivity index (χ0v) is 17.9. The first kappa shape index (κ1) is 19.3. The Morgan fingerprint density at radius 3 is 2.73 bits per heavy atom. The van der Waals surface area contributed by atoms with E-state index in [0.29, 0.717) is 0 Å². The number of aliphatic imine (C=N–C) groups is 1. The third kappa shape index (κ3) is 3.39. The van der Waals surface area contributed by atoms with E-state index < -0.39 is 17.2 Å². The summed E-state index contributed by atoms with van der Waals surface area (Å²) in [7, 11) is 3.57. The minimum absolute atomic E-state index is 0.0874. The van der Waals surface area contributed by atoms with Crippen LogP contribution in [-0.2, 0) is 15.1 Å². The first-order valence-electron chi connectivity index (χ1n) is 8.36. The van der Waals surface area contributed by atoms with Gasteiger partial charge in [-0.25, -0.2) is 4.79 Å². The summed E-state index contributed by atoms with van der Waals surface area (Å²) in [6.07, 6.45) is 0.0283. The minimum Gasteiger partial charge on any atom is -0.442 e. The van der Waals surface area contributed by atoms with Gasteiger partial charge >= 0.3 is 6.09 Å². The van der Waals surface area contributed by atoms with E-state index in [1.54, 1.807) is 39.2 Å². The van der Waals surface area contributed by atoms with Crippen LogP contribution in [-0.4, -0.2) is 60.0 Å². The van der Waals surface area contributed by atoms with Crippen molar-refractivity contribution < 1.29 is 14.3 Å². The predicted molar refractivity (Wildman–Crippen MR) is 104 cm³/mol. The zero-order valence-electron chi connectivity index (χ0n) is 15.5. The van der Waals surface area contributed by atoms with E-state index >= 15 is 0 Å². The van der Waals surface area contributed by atoms with E-state index in [-0.39, 0.29) is 17.9 Å². The number of ether oxygens (including phenoxy) is 1. The molecule has 0 spiro atoms. The van der Waals surface area contributed by atoms with Crippen molar-refractivity contribution in [3.05, 3.63) is 20.8 Å². The van der Waals surface area contributed by atoms with Gasteiger partial charge in [-0.05, 0) is 56.2 Å². The van der Waals surface area contributed by atoms with E-state index in [1.165, 1.54) is 4.90 Å². The monoisotopic (exact) mass is 442 g/mol. The van der Waals surface area contributed by atoms with Crippen LogP contribution in [0.25, 0.3) is 0 Å². The lowest BCUT2D eigenvalue weighted by molar-refractivity contribution is -0.134. The van der Waals surface area contributed by atoms with E-state index in [1.807, 2.05) is 23.4 Å². The molecule has 3 heterocycles. The molecule has 2 atom stereocenters. The number of amides is 2. The molecular formula is C17H23BrN4O3S. The molecule has 1 N–H and O–H groups in total. The summed E-state index contributed by atoms with van der Waals surface area (Å²) in [6, 6.07) is 1.67. The number of carbonyl (C=O) groups excluding carboxylic acids is 2. The Morgan fingerprint density at radius 1 is 1.46 bits per heavy atom. The second-order valence-electron chi connectivity index (χ2n) is 7.67. The first-order valence-corrected chi connectivity index (χ1v) is 10.0. The first-order chi connectivity index (χ1) is 12.0. The largest absolute Gasteiger partial charge is 0.442 e. The highest BCUT2D eigenvalue weighted by Crippen LogP contribution is 2.43. The van der Waals surface area contributed by atoms with E-state index in [9.17, 15) is 9.59 Å². The summed E-state index contributed by atoms with van der Waals surface area (Å²) in [6.45, 7) is 6.11. The van der Waals surface area contributed by atoms with Crippen molar-refractivity contribution in [3.63, 3.8) is 0 Å². The van der Waals surface area contributed by atoms with Crippen LogP contribution in [0.15, 0.2) is 20.9 Å². The van der Waals surface area contributed by atoms with E-state index in [0.717, 1.165) is 22.3 Å². The molecule has 26 heavy (non-hydrogen) atoms. The predicted octanol–water partition coefficient (Wildman–Crippen LogP) is 2.76. The van der Waals surface area contributed by atoms with E-state index in [4.69, 9.17) is 4.74 Å². The summed E-state index contributed by atoms with van der Waals surface area (Å²) in [5, 5.41) is 5.38. The van der Waals surface area contributed by atoms with Gasteiger partial charge in [0.25, 0.3) is 0 Å². The number of halogens is 1. The average molecular weight is 443 g/mol. The molecule has 2 aliphatic rings. The van der Waals surface area contributed by atoms with Crippen molar-refractivity contribution in [2.24, 2.45) is 4.99 Å². The Kier molecular flexibility index (Phi) is 4.91. The average Bonchev–Trinajstić information content (AvgIpc) is 3.08. The molecular weight excluding hydrogens is 420 g/mol. The highest BCUT2D eigenvalue weighted by atomic mass is 79.9. The number of rotatable bonds is 1. The number of nitrogens with zero attached hydrogens (tertiary/aromatic N) is 3. The highest BCUT2D eigenvalue weighted by molar-refractivity contribution is 9.10. The summed E-state index contributed by atoms with van der Waals surface area (Å²) in [5.74, 6) is 0.135. The Balaban J connectivity index is 2.00. The number of hydrogen-bond acceptors (Lipinski definition) is 5. The lowest BCUT2D eigenvalue weighted by Gasteiger charge is -2.44.